The topological polar surface area (TPSA) is 51.6 Å². The number of ether oxygens (including phenoxy) is 2. The van der Waals surface area contributed by atoms with Gasteiger partial charge in [-0.3, -0.25) is 0 Å². The average Bonchev–Trinajstić information content (AvgIpc) is 3.49. The smallest absolute Gasteiger partial charge is 0.213 e. The third-order valence-corrected chi connectivity index (χ3v) is 7.01. The maximum absolute atomic E-state index is 14.7. The predicted octanol–water partition coefficient (Wildman–Crippen LogP) is 6.38. The Balaban J connectivity index is 1.34. The molecule has 0 bridgehead atoms. The van der Waals surface area contributed by atoms with Gasteiger partial charge in [0.1, 0.15) is 12.4 Å². The number of aromatic nitrogens is 1. The molecule has 7 heteroatoms. The minimum atomic E-state index is -0.525. The lowest BCUT2D eigenvalue weighted by molar-refractivity contribution is 0.248. The van der Waals surface area contributed by atoms with Crippen molar-refractivity contribution in [3.63, 3.8) is 0 Å². The largest absolute Gasteiger partial charge is 0.491 e. The molecule has 1 saturated carbocycles. The van der Waals surface area contributed by atoms with Gasteiger partial charge >= 0.3 is 0 Å². The molecule has 1 heterocycles. The Morgan fingerprint density at radius 3 is 2.74 bits per heavy atom. The summed E-state index contributed by atoms with van der Waals surface area (Å²) in [4.78, 5) is 4.39. The van der Waals surface area contributed by atoms with E-state index in [0.29, 0.717) is 47.9 Å². The van der Waals surface area contributed by atoms with Crippen molar-refractivity contribution in [1.29, 1.82) is 0 Å². The van der Waals surface area contributed by atoms with Gasteiger partial charge in [0, 0.05) is 30.0 Å². The van der Waals surface area contributed by atoms with Crippen LogP contribution in [0.15, 0.2) is 36.5 Å². The molecule has 34 heavy (non-hydrogen) atoms. The van der Waals surface area contributed by atoms with Crippen LogP contribution in [-0.2, 0) is 13.0 Å². The number of aryl methyl sites for hydroxylation is 1. The zero-order chi connectivity index (χ0) is 23.8. The lowest BCUT2D eigenvalue weighted by Gasteiger charge is -2.15. The summed E-state index contributed by atoms with van der Waals surface area (Å²) in [5.41, 5.74) is 4.73. The molecule has 0 radical (unpaired) electrons. The van der Waals surface area contributed by atoms with E-state index in [4.69, 9.17) is 26.2 Å². The molecule has 178 valence electrons. The molecule has 0 aliphatic heterocycles. The fraction of sp³-hybridized carbons (Fsp3) is 0.370. The summed E-state index contributed by atoms with van der Waals surface area (Å²) < 4.78 is 40.7. The van der Waals surface area contributed by atoms with Gasteiger partial charge in [0.05, 0.1) is 11.6 Å². The van der Waals surface area contributed by atoms with Gasteiger partial charge in [-0.2, -0.15) is 0 Å². The molecule has 2 unspecified atom stereocenters. The average molecular weight is 486 g/mol. The Labute approximate surface area is 202 Å². The highest BCUT2D eigenvalue weighted by Crippen LogP contribution is 2.56. The van der Waals surface area contributed by atoms with Gasteiger partial charge in [-0.05, 0) is 91.0 Å². The van der Waals surface area contributed by atoms with Gasteiger partial charge in [0.15, 0.2) is 11.6 Å². The number of benzene rings is 2. The van der Waals surface area contributed by atoms with Crippen molar-refractivity contribution >= 4 is 11.6 Å². The normalized spacial score (nSPS) is 17.9. The summed E-state index contributed by atoms with van der Waals surface area (Å²) in [5, 5.41) is 9.05. The van der Waals surface area contributed by atoms with Crippen LogP contribution in [-0.4, -0.2) is 23.3 Å². The fourth-order valence-electron chi connectivity index (χ4n) is 4.73. The first-order chi connectivity index (χ1) is 16.4. The zero-order valence-corrected chi connectivity index (χ0v) is 19.7. The number of fused-ring (bicyclic) bond motifs is 3. The summed E-state index contributed by atoms with van der Waals surface area (Å²) in [6.45, 7) is 2.20. The van der Waals surface area contributed by atoms with Gasteiger partial charge < -0.3 is 14.6 Å². The van der Waals surface area contributed by atoms with Gasteiger partial charge in [-0.25, -0.2) is 13.8 Å². The number of aliphatic hydroxyl groups is 1. The van der Waals surface area contributed by atoms with E-state index in [1.54, 1.807) is 12.1 Å². The first kappa shape index (κ1) is 23.1. The van der Waals surface area contributed by atoms with Crippen LogP contribution in [0.3, 0.4) is 0 Å². The van der Waals surface area contributed by atoms with Gasteiger partial charge in [0.2, 0.25) is 5.88 Å². The molecule has 2 aromatic carbocycles. The predicted molar refractivity (Wildman–Crippen MR) is 126 cm³/mol. The second kappa shape index (κ2) is 9.51. The van der Waals surface area contributed by atoms with Crippen molar-refractivity contribution in [3.05, 3.63) is 75.4 Å². The molecule has 2 aliphatic carbocycles. The van der Waals surface area contributed by atoms with Crippen molar-refractivity contribution in [2.75, 3.05) is 13.2 Å². The summed E-state index contributed by atoms with van der Waals surface area (Å²) in [6.07, 6.45) is 5.42. The Kier molecular flexibility index (Phi) is 6.45. The molecule has 4 nitrogen and oxygen atoms in total. The van der Waals surface area contributed by atoms with Crippen LogP contribution >= 0.6 is 11.6 Å². The van der Waals surface area contributed by atoms with Crippen molar-refractivity contribution in [2.24, 2.45) is 5.92 Å². The molecule has 3 aromatic rings. The van der Waals surface area contributed by atoms with Gasteiger partial charge in [0.25, 0.3) is 0 Å². The number of hydrogen-bond acceptors (Lipinski definition) is 4. The lowest BCUT2D eigenvalue weighted by atomic mass is 9.98. The van der Waals surface area contributed by atoms with E-state index in [2.05, 4.69) is 4.98 Å². The van der Waals surface area contributed by atoms with Crippen LogP contribution in [0.1, 0.15) is 47.4 Å². The number of hydrogen-bond donors (Lipinski definition) is 1. The van der Waals surface area contributed by atoms with Crippen LogP contribution in [0.4, 0.5) is 8.78 Å². The van der Waals surface area contributed by atoms with Crippen LogP contribution in [0, 0.1) is 24.5 Å². The number of halogens is 3. The second-order valence-electron chi connectivity index (χ2n) is 9.12. The molecule has 0 amide bonds. The van der Waals surface area contributed by atoms with Crippen LogP contribution in [0.5, 0.6) is 11.6 Å². The highest BCUT2D eigenvalue weighted by atomic mass is 35.5. The Bertz CT molecular complexity index is 1230. The molecular weight excluding hydrogens is 460 g/mol. The Morgan fingerprint density at radius 1 is 1.06 bits per heavy atom. The SMILES string of the molecule is Cc1cc(OCCCCO)c(F)cc1-c1cc(COc2cc3c(cn2)C2CC2C3)c(F)cc1Cl. The Morgan fingerprint density at radius 2 is 1.91 bits per heavy atom. The van der Waals surface area contributed by atoms with E-state index in [0.717, 1.165) is 17.9 Å². The standard InChI is InChI=1S/C27H26ClF2NO3/c1-15-6-26(33-5-3-2-4-32)25(30)11-19(15)21-9-18(24(29)12-23(21)28)14-34-27-10-17-7-16-8-20(16)22(17)13-31-27/h6,9-13,16,20,32H,2-5,7-8,14H2,1H3. The van der Waals surface area contributed by atoms with Crippen LogP contribution in [0.2, 0.25) is 5.02 Å². The van der Waals surface area contributed by atoms with E-state index < -0.39 is 11.6 Å². The summed E-state index contributed by atoms with van der Waals surface area (Å²) in [7, 11) is 0. The highest BCUT2D eigenvalue weighted by Gasteiger charge is 2.45. The quantitative estimate of drug-likeness (QED) is 0.357. The molecular formula is C27H26ClF2NO3. The fourth-order valence-corrected chi connectivity index (χ4v) is 4.98. The minimum Gasteiger partial charge on any atom is -0.491 e. The Hall–Kier alpha value is -2.70. The van der Waals surface area contributed by atoms with E-state index in [9.17, 15) is 8.78 Å². The van der Waals surface area contributed by atoms with E-state index in [1.807, 2.05) is 19.2 Å². The van der Waals surface area contributed by atoms with E-state index in [1.165, 1.54) is 29.7 Å². The molecule has 2 atom stereocenters. The monoisotopic (exact) mass is 485 g/mol. The molecule has 1 N–H and O–H groups in total. The molecule has 5 rings (SSSR count). The van der Waals surface area contributed by atoms with Gasteiger partial charge in [-0.1, -0.05) is 11.6 Å². The number of aliphatic hydroxyl groups excluding tert-OH is 1. The van der Waals surface area contributed by atoms with Gasteiger partial charge in [-0.15, -0.1) is 0 Å². The molecule has 0 saturated heterocycles. The van der Waals surface area contributed by atoms with Crippen molar-refractivity contribution < 1.29 is 23.4 Å². The second-order valence-corrected chi connectivity index (χ2v) is 9.52. The minimum absolute atomic E-state index is 0.0117. The molecule has 1 aromatic heterocycles. The summed E-state index contributed by atoms with van der Waals surface area (Å²) >= 11 is 6.35. The highest BCUT2D eigenvalue weighted by molar-refractivity contribution is 6.33. The van der Waals surface area contributed by atoms with Crippen LogP contribution < -0.4 is 9.47 Å². The molecule has 2 aliphatic rings. The summed E-state index contributed by atoms with van der Waals surface area (Å²) in [5.74, 6) is 1.02. The maximum atomic E-state index is 14.7. The molecule has 0 spiro atoms. The number of unbranched alkanes of at least 4 members (excludes halogenated alkanes) is 1. The zero-order valence-electron chi connectivity index (χ0n) is 18.9. The third-order valence-electron chi connectivity index (χ3n) is 6.69. The van der Waals surface area contributed by atoms with E-state index in [-0.39, 0.29) is 24.0 Å². The van der Waals surface area contributed by atoms with Crippen molar-refractivity contribution in [1.82, 2.24) is 4.98 Å². The number of pyridine rings is 1. The maximum Gasteiger partial charge on any atom is 0.213 e. The first-order valence-electron chi connectivity index (χ1n) is 11.6. The summed E-state index contributed by atoms with van der Waals surface area (Å²) in [6, 6.07) is 7.75. The number of rotatable bonds is 9. The van der Waals surface area contributed by atoms with Crippen molar-refractivity contribution in [3.8, 4) is 22.8 Å². The van der Waals surface area contributed by atoms with E-state index >= 15 is 0 Å². The number of nitrogens with zero attached hydrogens (tertiary/aromatic N) is 1. The van der Waals surface area contributed by atoms with Crippen LogP contribution in [0.25, 0.3) is 11.1 Å². The first-order valence-corrected chi connectivity index (χ1v) is 12.0. The lowest BCUT2D eigenvalue weighted by Crippen LogP contribution is -2.03. The molecule has 1 fully saturated rings. The third kappa shape index (κ3) is 4.62. The van der Waals surface area contributed by atoms with Crippen molar-refractivity contribution in [2.45, 2.75) is 45.1 Å².